The normalized spacial score (nSPS) is 10.5. The summed E-state index contributed by atoms with van der Waals surface area (Å²) in [4.78, 5) is 40.8. The van der Waals surface area contributed by atoms with Gasteiger partial charge in [0.15, 0.2) is 6.61 Å². The average molecular weight is 378 g/mol. The van der Waals surface area contributed by atoms with Crippen LogP contribution >= 0.6 is 11.3 Å². The quantitative estimate of drug-likeness (QED) is 0.748. The Kier molecular flexibility index (Phi) is 6.57. The first-order valence-electron chi connectivity index (χ1n) is 8.10. The van der Waals surface area contributed by atoms with Crippen LogP contribution in [0.5, 0.6) is 0 Å². The molecule has 0 atom stereocenters. The van der Waals surface area contributed by atoms with Gasteiger partial charge in [-0.25, -0.2) is 9.59 Å². The molecule has 1 N–H and O–H groups in total. The van der Waals surface area contributed by atoms with Crippen LogP contribution in [0.3, 0.4) is 0 Å². The number of nitrogens with one attached hydrogen (secondary N) is 1. The lowest BCUT2D eigenvalue weighted by Crippen LogP contribution is -2.30. The highest BCUT2D eigenvalue weighted by Gasteiger charge is 2.25. The van der Waals surface area contributed by atoms with Crippen molar-refractivity contribution in [3.05, 3.63) is 44.9 Å². The third-order valence-electron chi connectivity index (χ3n) is 4.03. The first-order valence-corrected chi connectivity index (χ1v) is 9.05. The number of carbonyl (C=O) groups excluding carboxylic acids is 3. The van der Waals surface area contributed by atoms with E-state index in [2.05, 4.69) is 4.98 Å². The highest BCUT2D eigenvalue weighted by Crippen LogP contribution is 2.21. The minimum atomic E-state index is -0.676. The highest BCUT2D eigenvalue weighted by molar-refractivity contribution is 7.07. The van der Waals surface area contributed by atoms with Crippen molar-refractivity contribution in [2.24, 2.45) is 0 Å². The van der Waals surface area contributed by atoms with E-state index in [9.17, 15) is 14.4 Å². The predicted molar refractivity (Wildman–Crippen MR) is 97.3 cm³/mol. The lowest BCUT2D eigenvalue weighted by Gasteiger charge is -2.16. The van der Waals surface area contributed by atoms with Gasteiger partial charge in [0, 0.05) is 19.3 Å². The number of esters is 2. The Labute approximate surface area is 155 Å². The molecule has 0 saturated heterocycles. The van der Waals surface area contributed by atoms with Gasteiger partial charge in [0.25, 0.3) is 5.91 Å². The second-order valence-corrected chi connectivity index (χ2v) is 6.56. The number of rotatable bonds is 7. The molecule has 0 unspecified atom stereocenters. The number of H-pyrrole nitrogens is 1. The number of likely N-dealkylation sites (N-methyl/N-ethyl adjacent to an activating group) is 1. The molecule has 0 aliphatic heterocycles. The van der Waals surface area contributed by atoms with Crippen LogP contribution in [0.4, 0.5) is 0 Å². The third-order valence-corrected chi connectivity index (χ3v) is 4.76. The van der Waals surface area contributed by atoms with Crippen LogP contribution in [-0.2, 0) is 27.2 Å². The Bertz CT molecular complexity index is 795. The Morgan fingerprint density at radius 2 is 2.00 bits per heavy atom. The summed E-state index contributed by atoms with van der Waals surface area (Å²) in [5.74, 6) is -1.50. The van der Waals surface area contributed by atoms with Crippen molar-refractivity contribution in [1.29, 1.82) is 0 Å². The van der Waals surface area contributed by atoms with E-state index in [0.29, 0.717) is 29.8 Å². The number of aromatic nitrogens is 1. The minimum Gasteiger partial charge on any atom is -0.465 e. The summed E-state index contributed by atoms with van der Waals surface area (Å²) >= 11 is 1.56. The number of hydrogen-bond acceptors (Lipinski definition) is 6. The van der Waals surface area contributed by atoms with Crippen LogP contribution in [0.25, 0.3) is 0 Å². The average Bonchev–Trinajstić information content (AvgIpc) is 3.25. The van der Waals surface area contributed by atoms with E-state index in [4.69, 9.17) is 9.47 Å². The van der Waals surface area contributed by atoms with Crippen LogP contribution in [0.2, 0.25) is 0 Å². The number of aryl methyl sites for hydroxylation is 1. The number of ether oxygens (including phenoxy) is 2. The van der Waals surface area contributed by atoms with Crippen LogP contribution in [0.15, 0.2) is 16.8 Å². The number of nitrogens with zero attached hydrogens (tertiary/aromatic N) is 1. The highest BCUT2D eigenvalue weighted by atomic mass is 32.1. The fourth-order valence-electron chi connectivity index (χ4n) is 2.56. The summed E-state index contributed by atoms with van der Waals surface area (Å²) < 4.78 is 9.89. The third kappa shape index (κ3) is 4.32. The molecular weight excluding hydrogens is 356 g/mol. The Morgan fingerprint density at radius 3 is 2.58 bits per heavy atom. The van der Waals surface area contributed by atoms with Crippen molar-refractivity contribution in [2.75, 3.05) is 20.8 Å². The zero-order valence-electron chi connectivity index (χ0n) is 15.3. The molecule has 0 saturated carbocycles. The van der Waals surface area contributed by atoms with Crippen molar-refractivity contribution in [1.82, 2.24) is 9.88 Å². The molecule has 2 aromatic rings. The number of methoxy groups -OCH3 is 1. The maximum absolute atomic E-state index is 12.3. The van der Waals surface area contributed by atoms with Crippen LogP contribution in [0.1, 0.15) is 44.6 Å². The molecule has 0 spiro atoms. The number of carbonyl (C=O) groups is 3. The van der Waals surface area contributed by atoms with Crippen molar-refractivity contribution < 1.29 is 23.9 Å². The van der Waals surface area contributed by atoms with Crippen molar-refractivity contribution in [3.63, 3.8) is 0 Å². The molecule has 8 heteroatoms. The molecule has 2 heterocycles. The molecule has 140 valence electrons. The smallest absolute Gasteiger partial charge is 0.355 e. The lowest BCUT2D eigenvalue weighted by molar-refractivity contribution is -0.133. The second kappa shape index (κ2) is 8.66. The molecule has 0 aliphatic carbocycles. The van der Waals surface area contributed by atoms with Gasteiger partial charge >= 0.3 is 11.9 Å². The lowest BCUT2D eigenvalue weighted by atomic mass is 10.1. The second-order valence-electron chi connectivity index (χ2n) is 5.78. The maximum Gasteiger partial charge on any atom is 0.355 e. The zero-order valence-corrected chi connectivity index (χ0v) is 16.1. The van der Waals surface area contributed by atoms with Gasteiger partial charge in [0.05, 0.1) is 12.7 Å². The Hall–Kier alpha value is -2.61. The fraction of sp³-hybridized carbons (Fsp3) is 0.389. The van der Waals surface area contributed by atoms with E-state index in [1.54, 1.807) is 25.3 Å². The van der Waals surface area contributed by atoms with Gasteiger partial charge in [-0.05, 0) is 41.3 Å². The summed E-state index contributed by atoms with van der Waals surface area (Å²) in [7, 11) is 2.94. The molecule has 0 radical (unpaired) electrons. The molecule has 2 rings (SSSR count). The molecule has 0 fully saturated rings. The number of thiophene rings is 1. The van der Waals surface area contributed by atoms with Gasteiger partial charge in [-0.2, -0.15) is 11.3 Å². The summed E-state index contributed by atoms with van der Waals surface area (Å²) in [6.45, 7) is 3.58. The first kappa shape index (κ1) is 19.7. The predicted octanol–water partition coefficient (Wildman–Crippen LogP) is 2.55. The summed E-state index contributed by atoms with van der Waals surface area (Å²) in [5, 5.41) is 3.89. The molecule has 2 aromatic heterocycles. The summed E-state index contributed by atoms with van der Waals surface area (Å²) in [5.41, 5.74) is 2.58. The van der Waals surface area contributed by atoms with E-state index in [1.165, 1.54) is 12.0 Å². The van der Waals surface area contributed by atoms with Crippen LogP contribution in [0, 0.1) is 6.92 Å². The molecule has 0 bridgehead atoms. The molecule has 0 aromatic carbocycles. The molecule has 7 nitrogen and oxygen atoms in total. The van der Waals surface area contributed by atoms with Crippen molar-refractivity contribution in [2.45, 2.75) is 26.8 Å². The topological polar surface area (TPSA) is 88.7 Å². The van der Waals surface area contributed by atoms with Crippen LogP contribution in [-0.4, -0.2) is 48.5 Å². The minimum absolute atomic E-state index is 0.163. The maximum atomic E-state index is 12.3. The van der Waals surface area contributed by atoms with Gasteiger partial charge in [0.1, 0.15) is 5.69 Å². The van der Waals surface area contributed by atoms with E-state index < -0.39 is 11.9 Å². The standard InChI is InChI=1S/C18H22N2O5S/c1-5-13-15(17(22)24-4)11(2)16(19-13)18(23)25-9-14(21)20(3)8-12-6-7-26-10-12/h6-7,10,19H,5,8-9H2,1-4H3. The monoisotopic (exact) mass is 378 g/mol. The fourth-order valence-corrected chi connectivity index (χ4v) is 3.22. The molecular formula is C18H22N2O5S. The zero-order chi connectivity index (χ0) is 19.3. The van der Waals surface area contributed by atoms with E-state index in [0.717, 1.165) is 5.56 Å². The molecule has 26 heavy (non-hydrogen) atoms. The SMILES string of the molecule is CCc1[nH]c(C(=O)OCC(=O)N(C)Cc2ccsc2)c(C)c1C(=O)OC. The van der Waals surface area contributed by atoms with E-state index in [1.807, 2.05) is 23.8 Å². The van der Waals surface area contributed by atoms with Gasteiger partial charge < -0.3 is 19.4 Å². The van der Waals surface area contributed by atoms with Crippen molar-refractivity contribution >= 4 is 29.2 Å². The number of amides is 1. The van der Waals surface area contributed by atoms with Gasteiger partial charge in [-0.1, -0.05) is 6.92 Å². The first-order chi connectivity index (χ1) is 12.4. The van der Waals surface area contributed by atoms with Gasteiger partial charge in [0.2, 0.25) is 0 Å². The van der Waals surface area contributed by atoms with E-state index in [-0.39, 0.29) is 18.2 Å². The Balaban J connectivity index is 2.02. The summed E-state index contributed by atoms with van der Waals surface area (Å²) in [6.07, 6.45) is 0.529. The Morgan fingerprint density at radius 1 is 1.27 bits per heavy atom. The largest absolute Gasteiger partial charge is 0.465 e. The van der Waals surface area contributed by atoms with Crippen molar-refractivity contribution in [3.8, 4) is 0 Å². The summed E-state index contributed by atoms with van der Waals surface area (Å²) in [6, 6.07) is 1.93. The number of hydrogen-bond donors (Lipinski definition) is 1. The number of aromatic amines is 1. The van der Waals surface area contributed by atoms with E-state index >= 15 is 0 Å². The molecule has 1 amide bonds. The molecule has 0 aliphatic rings. The van der Waals surface area contributed by atoms with Gasteiger partial charge in [-0.15, -0.1) is 0 Å². The van der Waals surface area contributed by atoms with Gasteiger partial charge in [-0.3, -0.25) is 4.79 Å². The van der Waals surface area contributed by atoms with Crippen LogP contribution < -0.4 is 0 Å².